The molecule has 1 atom stereocenters. The molecule has 0 amide bonds. The minimum atomic E-state index is -3.37. The largest absolute Gasteiger partial charge is 0.360 e. The predicted molar refractivity (Wildman–Crippen MR) is 106 cm³/mol. The third kappa shape index (κ3) is 3.74. The number of hydrogen-bond acceptors (Lipinski definition) is 5. The van der Waals surface area contributed by atoms with E-state index in [0.29, 0.717) is 23.3 Å². The van der Waals surface area contributed by atoms with Gasteiger partial charge in [0.2, 0.25) is 0 Å². The quantitative estimate of drug-likeness (QED) is 0.681. The molecule has 1 unspecified atom stereocenters. The van der Waals surface area contributed by atoms with Gasteiger partial charge in [-0.05, 0) is 54.9 Å². The number of rotatable bonds is 6. The fourth-order valence-corrected chi connectivity index (χ4v) is 4.38. The van der Waals surface area contributed by atoms with Gasteiger partial charge in [0.25, 0.3) is 0 Å². The van der Waals surface area contributed by atoms with Gasteiger partial charge < -0.3 is 4.52 Å². The molecular weight excluding hydrogens is 374 g/mol. The van der Waals surface area contributed by atoms with Gasteiger partial charge in [0, 0.05) is 17.7 Å². The molecule has 1 saturated carbocycles. The molecule has 0 saturated heterocycles. The molecular formula is C22H23NO4S. The summed E-state index contributed by atoms with van der Waals surface area (Å²) in [5, 5.41) is 3.83. The zero-order valence-corrected chi connectivity index (χ0v) is 16.8. The van der Waals surface area contributed by atoms with E-state index in [1.807, 2.05) is 12.2 Å². The zero-order chi connectivity index (χ0) is 19.9. The van der Waals surface area contributed by atoms with E-state index in [-0.39, 0.29) is 22.0 Å². The fraction of sp³-hybridized carbons (Fsp3) is 0.364. The first-order chi connectivity index (χ1) is 13.3. The van der Waals surface area contributed by atoms with Crippen molar-refractivity contribution in [1.82, 2.24) is 5.16 Å². The maximum Gasteiger partial charge on any atom is 0.198 e. The summed E-state index contributed by atoms with van der Waals surface area (Å²) in [6, 6.07) is 4.78. The Kier molecular flexibility index (Phi) is 4.62. The summed E-state index contributed by atoms with van der Waals surface area (Å²) in [5.74, 6) is 0.760. The highest BCUT2D eigenvalue weighted by Gasteiger charge is 2.34. The van der Waals surface area contributed by atoms with E-state index in [0.717, 1.165) is 24.8 Å². The summed E-state index contributed by atoms with van der Waals surface area (Å²) in [7, 11) is -3.37. The van der Waals surface area contributed by atoms with Crippen LogP contribution in [0.4, 0.5) is 0 Å². The summed E-state index contributed by atoms with van der Waals surface area (Å²) in [4.78, 5) is 13.5. The number of benzene rings is 1. The lowest BCUT2D eigenvalue weighted by atomic mass is 9.77. The van der Waals surface area contributed by atoms with Crippen LogP contribution < -0.4 is 0 Å². The van der Waals surface area contributed by atoms with Gasteiger partial charge in [0.15, 0.2) is 21.4 Å². The SMILES string of the molecule is CC1(Cc2cc(S(C)(=O)=O)ccc2C(=O)c2cnoc2C2CC2)C=CC=CC1. The number of hydrogen-bond donors (Lipinski definition) is 0. The number of ketones is 1. The molecule has 6 heteroatoms. The van der Waals surface area contributed by atoms with E-state index in [4.69, 9.17) is 4.52 Å². The molecule has 2 aliphatic carbocycles. The molecule has 28 heavy (non-hydrogen) atoms. The van der Waals surface area contributed by atoms with Gasteiger partial charge in [-0.3, -0.25) is 4.79 Å². The Morgan fingerprint density at radius 3 is 2.68 bits per heavy atom. The number of carbonyl (C=O) groups is 1. The highest BCUT2D eigenvalue weighted by molar-refractivity contribution is 7.90. The highest BCUT2D eigenvalue weighted by atomic mass is 32.2. The van der Waals surface area contributed by atoms with Crippen molar-refractivity contribution in [2.45, 2.75) is 43.4 Å². The Morgan fingerprint density at radius 2 is 2.04 bits per heavy atom. The van der Waals surface area contributed by atoms with Crippen LogP contribution in [-0.4, -0.2) is 25.6 Å². The summed E-state index contributed by atoms with van der Waals surface area (Å²) in [6.45, 7) is 2.11. The minimum Gasteiger partial charge on any atom is -0.360 e. The third-order valence-corrected chi connectivity index (χ3v) is 6.58. The first-order valence-corrected chi connectivity index (χ1v) is 11.3. The van der Waals surface area contributed by atoms with Gasteiger partial charge in [-0.25, -0.2) is 8.42 Å². The van der Waals surface area contributed by atoms with Crippen molar-refractivity contribution in [3.8, 4) is 0 Å². The maximum atomic E-state index is 13.3. The molecule has 0 aliphatic heterocycles. The van der Waals surface area contributed by atoms with Crippen LogP contribution in [-0.2, 0) is 16.3 Å². The van der Waals surface area contributed by atoms with Crippen molar-refractivity contribution in [1.29, 1.82) is 0 Å². The first kappa shape index (κ1) is 18.9. The van der Waals surface area contributed by atoms with E-state index >= 15 is 0 Å². The lowest BCUT2D eigenvalue weighted by Crippen LogP contribution is -2.20. The number of nitrogens with zero attached hydrogens (tertiary/aromatic N) is 1. The summed E-state index contributed by atoms with van der Waals surface area (Å²) < 4.78 is 29.5. The van der Waals surface area contributed by atoms with Crippen molar-refractivity contribution >= 4 is 15.6 Å². The van der Waals surface area contributed by atoms with E-state index in [1.165, 1.54) is 18.5 Å². The summed E-state index contributed by atoms with van der Waals surface area (Å²) in [6.07, 6.45) is 14.3. The molecule has 2 aliphatic rings. The second-order valence-corrected chi connectivity index (χ2v) is 10.1. The Morgan fingerprint density at radius 1 is 1.25 bits per heavy atom. The maximum absolute atomic E-state index is 13.3. The highest BCUT2D eigenvalue weighted by Crippen LogP contribution is 2.42. The molecule has 0 N–H and O–H groups in total. The van der Waals surface area contributed by atoms with Crippen molar-refractivity contribution in [3.05, 3.63) is 71.2 Å². The molecule has 1 aromatic heterocycles. The fourth-order valence-electron chi connectivity index (χ4n) is 3.71. The van der Waals surface area contributed by atoms with Crippen LogP contribution in [0, 0.1) is 5.41 Å². The molecule has 4 rings (SSSR count). The van der Waals surface area contributed by atoms with Crippen molar-refractivity contribution in [3.63, 3.8) is 0 Å². The van der Waals surface area contributed by atoms with Crippen molar-refractivity contribution in [2.75, 3.05) is 6.26 Å². The predicted octanol–water partition coefficient (Wildman–Crippen LogP) is 4.25. The molecule has 0 radical (unpaired) electrons. The van der Waals surface area contributed by atoms with Crippen LogP contribution >= 0.6 is 0 Å². The van der Waals surface area contributed by atoms with Crippen LogP contribution in [0.25, 0.3) is 0 Å². The minimum absolute atomic E-state index is 0.155. The van der Waals surface area contributed by atoms with E-state index in [1.54, 1.807) is 12.1 Å². The molecule has 0 bridgehead atoms. The lowest BCUT2D eigenvalue weighted by Gasteiger charge is -2.27. The van der Waals surface area contributed by atoms with Crippen LogP contribution in [0.3, 0.4) is 0 Å². The first-order valence-electron chi connectivity index (χ1n) is 9.43. The Bertz CT molecular complexity index is 1090. The number of sulfone groups is 1. The smallest absolute Gasteiger partial charge is 0.198 e. The second kappa shape index (κ2) is 6.85. The van der Waals surface area contributed by atoms with E-state index in [9.17, 15) is 13.2 Å². The van der Waals surface area contributed by atoms with Crippen molar-refractivity contribution < 1.29 is 17.7 Å². The van der Waals surface area contributed by atoms with Crippen LogP contribution in [0.5, 0.6) is 0 Å². The van der Waals surface area contributed by atoms with Crippen molar-refractivity contribution in [2.24, 2.45) is 5.41 Å². The van der Waals surface area contributed by atoms with Crippen LogP contribution in [0.2, 0.25) is 0 Å². The third-order valence-electron chi connectivity index (χ3n) is 5.46. The molecule has 5 nitrogen and oxygen atoms in total. The Balaban J connectivity index is 1.77. The average molecular weight is 397 g/mol. The lowest BCUT2D eigenvalue weighted by molar-refractivity contribution is 0.103. The van der Waals surface area contributed by atoms with Gasteiger partial charge in [-0.2, -0.15) is 0 Å². The molecule has 2 aromatic rings. The summed E-state index contributed by atoms with van der Waals surface area (Å²) in [5.41, 5.74) is 1.56. The van der Waals surface area contributed by atoms with E-state index < -0.39 is 9.84 Å². The molecule has 146 valence electrons. The van der Waals surface area contributed by atoms with Crippen LogP contribution in [0.1, 0.15) is 59.3 Å². The Hall–Kier alpha value is -2.47. The number of allylic oxidation sites excluding steroid dienone is 4. The molecule has 1 fully saturated rings. The van der Waals surface area contributed by atoms with Crippen LogP contribution in [0.15, 0.2) is 58.1 Å². The molecule has 0 spiro atoms. The van der Waals surface area contributed by atoms with Gasteiger partial charge in [0.05, 0.1) is 16.7 Å². The second-order valence-electron chi connectivity index (χ2n) is 8.12. The monoisotopic (exact) mass is 397 g/mol. The van der Waals surface area contributed by atoms with Gasteiger partial charge in [0.1, 0.15) is 0 Å². The normalized spacial score (nSPS) is 21.8. The number of aromatic nitrogens is 1. The topological polar surface area (TPSA) is 77.2 Å². The number of carbonyl (C=O) groups excluding carboxylic acids is 1. The standard InChI is InChI=1S/C22H23NO4S/c1-22(10-4-3-5-11-22)13-16-12-17(28(2,25)26)8-9-18(16)20(24)19-14-23-27-21(19)15-6-7-15/h3-5,8-10,12,14-15H,6-7,11,13H2,1-2H3. The van der Waals surface area contributed by atoms with E-state index in [2.05, 4.69) is 24.2 Å². The average Bonchev–Trinajstić information content (AvgIpc) is 3.37. The molecule has 1 heterocycles. The summed E-state index contributed by atoms with van der Waals surface area (Å²) >= 11 is 0. The van der Waals surface area contributed by atoms with Gasteiger partial charge in [-0.15, -0.1) is 0 Å². The Labute approximate surface area is 165 Å². The molecule has 1 aromatic carbocycles. The van der Waals surface area contributed by atoms with Gasteiger partial charge >= 0.3 is 0 Å². The van der Waals surface area contributed by atoms with Gasteiger partial charge in [-0.1, -0.05) is 36.4 Å². The zero-order valence-electron chi connectivity index (χ0n) is 16.0.